The second kappa shape index (κ2) is 6.81. The molecule has 1 N–H and O–H groups in total. The van der Waals surface area contributed by atoms with Gasteiger partial charge in [-0.2, -0.15) is 0 Å². The average Bonchev–Trinajstić information content (AvgIpc) is 2.88. The highest BCUT2D eigenvalue weighted by Gasteiger charge is 2.13. The second-order valence-corrected chi connectivity index (χ2v) is 4.83. The number of hydrogen-bond acceptors (Lipinski definition) is 5. The quantitative estimate of drug-likeness (QED) is 0.859. The minimum absolute atomic E-state index is 0.166. The van der Waals surface area contributed by atoms with Crippen LogP contribution in [0.25, 0.3) is 0 Å². The Labute approximate surface area is 120 Å². The van der Waals surface area contributed by atoms with Gasteiger partial charge in [-0.1, -0.05) is 30.3 Å². The van der Waals surface area contributed by atoms with E-state index in [1.165, 1.54) is 11.3 Å². The van der Waals surface area contributed by atoms with Gasteiger partial charge in [-0.25, -0.2) is 9.78 Å². The smallest absolute Gasteiger partial charge is 0.357 e. The van der Waals surface area contributed by atoms with Gasteiger partial charge in [0, 0.05) is 5.38 Å². The number of benzene rings is 1. The Morgan fingerprint density at radius 2 is 2.05 bits per heavy atom. The molecule has 0 fully saturated rings. The number of thiazole rings is 1. The Morgan fingerprint density at radius 3 is 2.75 bits per heavy atom. The molecule has 0 radical (unpaired) electrons. The van der Waals surface area contributed by atoms with E-state index in [2.05, 4.69) is 10.3 Å². The third-order valence-electron chi connectivity index (χ3n) is 2.44. The summed E-state index contributed by atoms with van der Waals surface area (Å²) in [5.41, 5.74) is 1.14. The van der Waals surface area contributed by atoms with Gasteiger partial charge in [0.2, 0.25) is 5.91 Å². The lowest BCUT2D eigenvalue weighted by atomic mass is 10.1. The van der Waals surface area contributed by atoms with Gasteiger partial charge in [0.05, 0.1) is 13.0 Å². The molecule has 1 aromatic carbocycles. The first-order chi connectivity index (χ1) is 9.69. The second-order valence-electron chi connectivity index (χ2n) is 3.97. The van der Waals surface area contributed by atoms with Gasteiger partial charge >= 0.3 is 5.97 Å². The highest BCUT2D eigenvalue weighted by atomic mass is 32.1. The van der Waals surface area contributed by atoms with E-state index in [1.807, 2.05) is 30.3 Å². The van der Waals surface area contributed by atoms with Crippen molar-refractivity contribution in [3.05, 3.63) is 47.0 Å². The lowest BCUT2D eigenvalue weighted by Gasteiger charge is -2.01. The summed E-state index contributed by atoms with van der Waals surface area (Å²) in [7, 11) is 0. The van der Waals surface area contributed by atoms with Crippen LogP contribution in [0.5, 0.6) is 0 Å². The molecule has 0 bridgehead atoms. The summed E-state index contributed by atoms with van der Waals surface area (Å²) in [6.07, 6.45) is 0.273. The summed E-state index contributed by atoms with van der Waals surface area (Å²) in [6, 6.07) is 9.42. The molecule has 1 amide bonds. The Kier molecular flexibility index (Phi) is 4.84. The third-order valence-corrected chi connectivity index (χ3v) is 3.20. The molecule has 2 aromatic rings. The molecule has 20 heavy (non-hydrogen) atoms. The van der Waals surface area contributed by atoms with Crippen LogP contribution in [0.3, 0.4) is 0 Å². The van der Waals surface area contributed by atoms with Crippen LogP contribution in [-0.4, -0.2) is 23.5 Å². The minimum Gasteiger partial charge on any atom is -0.461 e. The molecule has 0 unspecified atom stereocenters. The minimum atomic E-state index is -0.479. The predicted octanol–water partition coefficient (Wildman–Crippen LogP) is 2.50. The largest absolute Gasteiger partial charge is 0.461 e. The standard InChI is InChI=1S/C14H14N2O3S/c1-2-19-13(18)11-9-20-14(15-11)16-12(17)8-10-6-4-3-5-7-10/h3-7,9H,2,8H2,1H3,(H,15,16,17). The molecule has 0 saturated carbocycles. The Hall–Kier alpha value is -2.21. The molecule has 0 aliphatic rings. The maximum atomic E-state index is 11.8. The first kappa shape index (κ1) is 14.2. The van der Waals surface area contributed by atoms with E-state index >= 15 is 0 Å². The van der Waals surface area contributed by atoms with Crippen LogP contribution < -0.4 is 5.32 Å². The third kappa shape index (κ3) is 3.89. The summed E-state index contributed by atoms with van der Waals surface area (Å²) in [4.78, 5) is 27.3. The van der Waals surface area contributed by atoms with Crippen molar-refractivity contribution in [2.75, 3.05) is 11.9 Å². The van der Waals surface area contributed by atoms with E-state index in [-0.39, 0.29) is 18.0 Å². The first-order valence-corrected chi connectivity index (χ1v) is 7.03. The van der Waals surface area contributed by atoms with Gasteiger partial charge in [0.1, 0.15) is 0 Å². The number of aromatic nitrogens is 1. The predicted molar refractivity (Wildman–Crippen MR) is 76.8 cm³/mol. The number of carbonyl (C=O) groups excluding carboxylic acids is 2. The lowest BCUT2D eigenvalue weighted by Crippen LogP contribution is -2.14. The van der Waals surface area contributed by atoms with Gasteiger partial charge in [-0.05, 0) is 12.5 Å². The molecule has 1 aromatic heterocycles. The topological polar surface area (TPSA) is 68.3 Å². The summed E-state index contributed by atoms with van der Waals surface area (Å²) >= 11 is 1.20. The number of nitrogens with one attached hydrogen (secondary N) is 1. The van der Waals surface area contributed by atoms with Crippen molar-refractivity contribution in [2.24, 2.45) is 0 Å². The zero-order chi connectivity index (χ0) is 14.4. The zero-order valence-corrected chi connectivity index (χ0v) is 11.8. The van der Waals surface area contributed by atoms with Crippen molar-refractivity contribution in [3.8, 4) is 0 Å². The fraction of sp³-hybridized carbons (Fsp3) is 0.214. The number of anilines is 1. The van der Waals surface area contributed by atoms with Crippen molar-refractivity contribution >= 4 is 28.3 Å². The molecule has 2 rings (SSSR count). The molecule has 1 heterocycles. The Balaban J connectivity index is 1.93. The molecule has 0 saturated heterocycles. The van der Waals surface area contributed by atoms with Gasteiger partial charge in [-0.3, -0.25) is 4.79 Å². The van der Waals surface area contributed by atoms with E-state index in [4.69, 9.17) is 4.74 Å². The molecule has 5 nitrogen and oxygen atoms in total. The van der Waals surface area contributed by atoms with Crippen LogP contribution in [0.2, 0.25) is 0 Å². The van der Waals surface area contributed by atoms with Crippen LogP contribution in [0.15, 0.2) is 35.7 Å². The van der Waals surface area contributed by atoms with Gasteiger partial charge in [0.15, 0.2) is 10.8 Å². The van der Waals surface area contributed by atoms with Gasteiger partial charge in [-0.15, -0.1) is 11.3 Å². The normalized spacial score (nSPS) is 10.1. The molecule has 104 valence electrons. The summed E-state index contributed by atoms with van der Waals surface area (Å²) in [5, 5.41) is 4.63. The zero-order valence-electron chi connectivity index (χ0n) is 11.0. The molecule has 0 atom stereocenters. The molecule has 0 aliphatic carbocycles. The number of nitrogens with zero attached hydrogens (tertiary/aromatic N) is 1. The van der Waals surface area contributed by atoms with Crippen LogP contribution >= 0.6 is 11.3 Å². The van der Waals surface area contributed by atoms with Crippen molar-refractivity contribution in [1.29, 1.82) is 0 Å². The van der Waals surface area contributed by atoms with Crippen LogP contribution in [0.4, 0.5) is 5.13 Å². The monoisotopic (exact) mass is 290 g/mol. The fourth-order valence-electron chi connectivity index (χ4n) is 1.57. The number of rotatable bonds is 5. The molecule has 0 aliphatic heterocycles. The molecule has 0 spiro atoms. The number of carbonyl (C=O) groups is 2. The Bertz CT molecular complexity index is 595. The van der Waals surface area contributed by atoms with E-state index in [0.717, 1.165) is 5.56 Å². The molecular weight excluding hydrogens is 276 g/mol. The average molecular weight is 290 g/mol. The van der Waals surface area contributed by atoms with Crippen molar-refractivity contribution in [3.63, 3.8) is 0 Å². The Morgan fingerprint density at radius 1 is 1.30 bits per heavy atom. The van der Waals surface area contributed by atoms with Crippen LogP contribution in [0, 0.1) is 0 Å². The van der Waals surface area contributed by atoms with Crippen molar-refractivity contribution < 1.29 is 14.3 Å². The number of amides is 1. The van der Waals surface area contributed by atoms with Crippen LogP contribution in [-0.2, 0) is 16.0 Å². The molecular formula is C14H14N2O3S. The summed E-state index contributed by atoms with van der Waals surface area (Å²) in [5.74, 6) is -0.645. The first-order valence-electron chi connectivity index (χ1n) is 6.15. The fourth-order valence-corrected chi connectivity index (χ4v) is 2.27. The van der Waals surface area contributed by atoms with Gasteiger partial charge in [0.25, 0.3) is 0 Å². The van der Waals surface area contributed by atoms with E-state index in [0.29, 0.717) is 11.7 Å². The number of ether oxygens (including phenoxy) is 1. The lowest BCUT2D eigenvalue weighted by molar-refractivity contribution is -0.115. The summed E-state index contributed by atoms with van der Waals surface area (Å²) < 4.78 is 4.83. The van der Waals surface area contributed by atoms with E-state index in [9.17, 15) is 9.59 Å². The maximum Gasteiger partial charge on any atom is 0.357 e. The van der Waals surface area contributed by atoms with Crippen molar-refractivity contribution in [1.82, 2.24) is 4.98 Å². The van der Waals surface area contributed by atoms with Crippen molar-refractivity contribution in [2.45, 2.75) is 13.3 Å². The SMILES string of the molecule is CCOC(=O)c1csc(NC(=O)Cc2ccccc2)n1. The number of esters is 1. The van der Waals surface area contributed by atoms with E-state index in [1.54, 1.807) is 12.3 Å². The highest BCUT2D eigenvalue weighted by molar-refractivity contribution is 7.14. The van der Waals surface area contributed by atoms with Crippen LogP contribution in [0.1, 0.15) is 23.0 Å². The van der Waals surface area contributed by atoms with E-state index < -0.39 is 5.97 Å². The number of hydrogen-bond donors (Lipinski definition) is 1. The molecule has 6 heteroatoms. The summed E-state index contributed by atoms with van der Waals surface area (Å²) in [6.45, 7) is 2.03. The maximum absolute atomic E-state index is 11.8. The van der Waals surface area contributed by atoms with Gasteiger partial charge < -0.3 is 10.1 Å². The highest BCUT2D eigenvalue weighted by Crippen LogP contribution is 2.16.